The number of fused-ring (bicyclic) bond motifs is 6. The van der Waals surface area contributed by atoms with Crippen molar-refractivity contribution in [2.75, 3.05) is 0 Å². The molecule has 0 aliphatic carbocycles. The van der Waals surface area contributed by atoms with E-state index in [0.29, 0.717) is 16.2 Å². The van der Waals surface area contributed by atoms with Gasteiger partial charge in [0.1, 0.15) is 17.5 Å². The van der Waals surface area contributed by atoms with Crippen LogP contribution in [0.25, 0.3) is 32.3 Å². The maximum atomic E-state index is 13.6. The number of benzene rings is 4. The summed E-state index contributed by atoms with van der Waals surface area (Å²) in [4.78, 5) is 0. The molecule has 0 amide bonds. The van der Waals surface area contributed by atoms with E-state index in [1.54, 1.807) is 18.2 Å². The standard InChI is InChI=1S/C18H9F3/c19-10-1-4-13-16(7-10)14-5-2-12(21)9-18(14)15-6-3-11(20)8-17(13)15/h1-9H. The molecule has 0 saturated heterocycles. The smallest absolute Gasteiger partial charge is 0.123 e. The molecular weight excluding hydrogens is 273 g/mol. The van der Waals surface area contributed by atoms with Crippen LogP contribution in [0.15, 0.2) is 54.6 Å². The van der Waals surface area contributed by atoms with E-state index in [-0.39, 0.29) is 17.5 Å². The van der Waals surface area contributed by atoms with E-state index in [9.17, 15) is 13.2 Å². The molecule has 0 aliphatic rings. The van der Waals surface area contributed by atoms with Gasteiger partial charge in [0.25, 0.3) is 0 Å². The van der Waals surface area contributed by atoms with Gasteiger partial charge in [0, 0.05) is 0 Å². The number of halogens is 3. The zero-order valence-corrected chi connectivity index (χ0v) is 10.8. The van der Waals surface area contributed by atoms with Crippen LogP contribution in [0.4, 0.5) is 13.2 Å². The van der Waals surface area contributed by atoms with Crippen LogP contribution in [0.1, 0.15) is 0 Å². The third-order valence-electron chi connectivity index (χ3n) is 3.82. The SMILES string of the molecule is Fc1ccc2c(c1)c1ccc(F)cc1c1ccc(F)cc21. The zero-order valence-electron chi connectivity index (χ0n) is 10.8. The molecule has 0 aliphatic heterocycles. The fourth-order valence-electron chi connectivity index (χ4n) is 2.92. The van der Waals surface area contributed by atoms with Gasteiger partial charge in [-0.3, -0.25) is 0 Å². The third kappa shape index (κ3) is 1.77. The van der Waals surface area contributed by atoms with E-state index in [2.05, 4.69) is 0 Å². The molecule has 3 heteroatoms. The van der Waals surface area contributed by atoms with E-state index in [1.165, 1.54) is 36.4 Å². The Morgan fingerprint density at radius 3 is 0.952 bits per heavy atom. The fraction of sp³-hybridized carbons (Fsp3) is 0. The van der Waals surface area contributed by atoms with Gasteiger partial charge in [0.2, 0.25) is 0 Å². The molecule has 102 valence electrons. The van der Waals surface area contributed by atoms with E-state index in [1.807, 2.05) is 0 Å². The van der Waals surface area contributed by atoms with Gasteiger partial charge in [0.15, 0.2) is 0 Å². The molecule has 4 aromatic rings. The lowest BCUT2D eigenvalue weighted by Gasteiger charge is -2.10. The van der Waals surface area contributed by atoms with Crippen molar-refractivity contribution >= 4 is 32.3 Å². The predicted octanol–water partition coefficient (Wildman–Crippen LogP) is 5.56. The molecule has 4 rings (SSSR count). The molecule has 21 heavy (non-hydrogen) atoms. The molecule has 0 aromatic heterocycles. The Bertz CT molecular complexity index is 856. The molecule has 0 atom stereocenters. The van der Waals surface area contributed by atoms with E-state index in [0.717, 1.165) is 16.2 Å². The molecule has 0 saturated carbocycles. The molecule has 0 bridgehead atoms. The summed E-state index contributed by atoms with van der Waals surface area (Å²) < 4.78 is 40.7. The molecule has 0 nitrogen and oxygen atoms in total. The van der Waals surface area contributed by atoms with Crippen molar-refractivity contribution < 1.29 is 13.2 Å². The van der Waals surface area contributed by atoms with Crippen molar-refractivity contribution in [2.45, 2.75) is 0 Å². The summed E-state index contributed by atoms with van der Waals surface area (Å²) in [5.41, 5.74) is 0. The monoisotopic (exact) mass is 282 g/mol. The van der Waals surface area contributed by atoms with Crippen LogP contribution >= 0.6 is 0 Å². The van der Waals surface area contributed by atoms with Crippen LogP contribution in [-0.2, 0) is 0 Å². The van der Waals surface area contributed by atoms with Crippen LogP contribution < -0.4 is 0 Å². The second-order valence-electron chi connectivity index (χ2n) is 5.07. The Labute approximate surface area is 118 Å². The van der Waals surface area contributed by atoms with Gasteiger partial charge in [-0.05, 0) is 68.7 Å². The molecular formula is C18H9F3. The molecule has 0 radical (unpaired) electrons. The Balaban J connectivity index is 2.39. The Morgan fingerprint density at radius 2 is 0.667 bits per heavy atom. The Morgan fingerprint density at radius 1 is 0.381 bits per heavy atom. The number of hydrogen-bond donors (Lipinski definition) is 0. The largest absolute Gasteiger partial charge is 0.207 e. The lowest BCUT2D eigenvalue weighted by molar-refractivity contribution is 0.629. The van der Waals surface area contributed by atoms with Gasteiger partial charge in [-0.1, -0.05) is 18.2 Å². The van der Waals surface area contributed by atoms with Crippen LogP contribution in [0.3, 0.4) is 0 Å². The van der Waals surface area contributed by atoms with Gasteiger partial charge in [-0.2, -0.15) is 0 Å². The second kappa shape index (κ2) is 4.22. The molecule has 0 spiro atoms. The van der Waals surface area contributed by atoms with E-state index >= 15 is 0 Å². The third-order valence-corrected chi connectivity index (χ3v) is 3.82. The van der Waals surface area contributed by atoms with Gasteiger partial charge >= 0.3 is 0 Å². The van der Waals surface area contributed by atoms with Crippen molar-refractivity contribution in [2.24, 2.45) is 0 Å². The first-order valence-electron chi connectivity index (χ1n) is 6.53. The normalized spacial score (nSPS) is 11.6. The van der Waals surface area contributed by atoms with Crippen LogP contribution in [0.2, 0.25) is 0 Å². The van der Waals surface area contributed by atoms with Gasteiger partial charge in [-0.25, -0.2) is 13.2 Å². The summed E-state index contributed by atoms with van der Waals surface area (Å²) in [6.45, 7) is 0. The maximum Gasteiger partial charge on any atom is 0.123 e. The van der Waals surface area contributed by atoms with Gasteiger partial charge < -0.3 is 0 Å². The molecule has 4 aromatic carbocycles. The van der Waals surface area contributed by atoms with Gasteiger partial charge in [-0.15, -0.1) is 0 Å². The zero-order chi connectivity index (χ0) is 14.6. The quantitative estimate of drug-likeness (QED) is 0.370. The maximum absolute atomic E-state index is 13.6. The van der Waals surface area contributed by atoms with Crippen molar-refractivity contribution in [3.05, 3.63) is 72.0 Å². The summed E-state index contributed by atoms with van der Waals surface area (Å²) >= 11 is 0. The molecule has 0 unspecified atom stereocenters. The van der Waals surface area contributed by atoms with Crippen molar-refractivity contribution in [3.8, 4) is 0 Å². The van der Waals surface area contributed by atoms with Gasteiger partial charge in [0.05, 0.1) is 0 Å². The summed E-state index contributed by atoms with van der Waals surface area (Å²) in [5.74, 6) is -1.11. The summed E-state index contributed by atoms with van der Waals surface area (Å²) in [6, 6.07) is 13.2. The second-order valence-corrected chi connectivity index (χ2v) is 5.07. The first kappa shape index (κ1) is 12.2. The molecule has 0 fully saturated rings. The first-order valence-corrected chi connectivity index (χ1v) is 6.53. The van der Waals surface area contributed by atoms with Crippen molar-refractivity contribution in [3.63, 3.8) is 0 Å². The highest BCUT2D eigenvalue weighted by molar-refractivity contribution is 6.25. The van der Waals surface area contributed by atoms with Crippen molar-refractivity contribution in [1.29, 1.82) is 0 Å². The van der Waals surface area contributed by atoms with Crippen LogP contribution in [0, 0.1) is 17.5 Å². The molecule has 0 N–H and O–H groups in total. The van der Waals surface area contributed by atoms with Crippen LogP contribution in [0.5, 0.6) is 0 Å². The number of hydrogen-bond acceptors (Lipinski definition) is 0. The highest BCUT2D eigenvalue weighted by Crippen LogP contribution is 2.35. The average molecular weight is 282 g/mol. The van der Waals surface area contributed by atoms with E-state index in [4.69, 9.17) is 0 Å². The Hall–Kier alpha value is -2.55. The fourth-order valence-corrected chi connectivity index (χ4v) is 2.92. The van der Waals surface area contributed by atoms with Crippen LogP contribution in [-0.4, -0.2) is 0 Å². The summed E-state index contributed by atoms with van der Waals surface area (Å²) in [6.07, 6.45) is 0. The highest BCUT2D eigenvalue weighted by Gasteiger charge is 2.10. The lowest BCUT2D eigenvalue weighted by atomic mass is 9.94. The average Bonchev–Trinajstić information content (AvgIpc) is 2.46. The number of rotatable bonds is 0. The first-order chi connectivity index (χ1) is 10.1. The lowest BCUT2D eigenvalue weighted by Crippen LogP contribution is -1.87. The topological polar surface area (TPSA) is 0 Å². The molecule has 0 heterocycles. The minimum absolute atomic E-state index is 0.371. The summed E-state index contributed by atoms with van der Waals surface area (Å²) in [7, 11) is 0. The predicted molar refractivity (Wildman–Crippen MR) is 78.8 cm³/mol. The Kier molecular flexibility index (Phi) is 2.45. The van der Waals surface area contributed by atoms with E-state index < -0.39 is 0 Å². The summed E-state index contributed by atoms with van der Waals surface area (Å²) in [5, 5.41) is 4.23. The van der Waals surface area contributed by atoms with Crippen molar-refractivity contribution in [1.82, 2.24) is 0 Å². The highest BCUT2D eigenvalue weighted by atomic mass is 19.1. The minimum atomic E-state index is -0.371. The minimum Gasteiger partial charge on any atom is -0.207 e.